The first-order chi connectivity index (χ1) is 9.35. The van der Waals surface area contributed by atoms with Gasteiger partial charge in [-0.2, -0.15) is 15.2 Å². The predicted molar refractivity (Wildman–Crippen MR) is 72.5 cm³/mol. The van der Waals surface area contributed by atoms with E-state index in [2.05, 4.69) is 42.1 Å². The number of rotatable bonds is 4. The number of nitrogens with zero attached hydrogens (tertiary/aromatic N) is 4. The topological polar surface area (TPSA) is 91.4 Å². The Morgan fingerprint density at radius 3 is 2.89 bits per heavy atom. The third kappa shape index (κ3) is 2.64. The zero-order valence-corrected chi connectivity index (χ0v) is 10.8. The fourth-order valence-corrected chi connectivity index (χ4v) is 2.45. The molecule has 3 rings (SSSR count). The molecule has 0 saturated heterocycles. The minimum Gasteiger partial charge on any atom is -0.356 e. The Morgan fingerprint density at radius 1 is 1.26 bits per heavy atom. The summed E-state index contributed by atoms with van der Waals surface area (Å²) in [6.45, 7) is 0. The van der Waals surface area contributed by atoms with Crippen molar-refractivity contribution >= 4 is 17.6 Å². The van der Waals surface area contributed by atoms with E-state index in [1.165, 1.54) is 31.4 Å². The second-order valence-corrected chi connectivity index (χ2v) is 4.73. The second-order valence-electron chi connectivity index (χ2n) is 4.73. The first-order valence-electron chi connectivity index (χ1n) is 6.55. The number of nitrogens with one attached hydrogen (secondary N) is 3. The number of H-pyrrole nitrogens is 1. The molecule has 1 aliphatic rings. The van der Waals surface area contributed by atoms with Gasteiger partial charge in [0, 0.05) is 24.7 Å². The van der Waals surface area contributed by atoms with Gasteiger partial charge >= 0.3 is 0 Å². The fraction of sp³-hybridized carbons (Fsp3) is 0.500. The maximum atomic E-state index is 4.27. The molecule has 7 heteroatoms. The molecule has 0 atom stereocenters. The Balaban J connectivity index is 1.72. The molecular weight excluding hydrogens is 242 g/mol. The van der Waals surface area contributed by atoms with Gasteiger partial charge in [-0.1, -0.05) is 12.8 Å². The van der Waals surface area contributed by atoms with Crippen molar-refractivity contribution < 1.29 is 0 Å². The van der Waals surface area contributed by atoms with Crippen molar-refractivity contribution in [1.29, 1.82) is 0 Å². The van der Waals surface area contributed by atoms with Crippen molar-refractivity contribution in [3.8, 4) is 0 Å². The van der Waals surface area contributed by atoms with Crippen LogP contribution in [-0.2, 0) is 0 Å². The molecule has 2 heterocycles. The molecule has 19 heavy (non-hydrogen) atoms. The molecule has 0 radical (unpaired) electrons. The molecule has 0 aromatic carbocycles. The average Bonchev–Trinajstić information content (AvgIpc) is 3.09. The summed E-state index contributed by atoms with van der Waals surface area (Å²) in [5, 5.41) is 21.0. The van der Waals surface area contributed by atoms with E-state index < -0.39 is 0 Å². The largest absolute Gasteiger partial charge is 0.356 e. The minimum absolute atomic E-state index is 0.483. The van der Waals surface area contributed by atoms with Gasteiger partial charge in [0.2, 0.25) is 5.95 Å². The lowest BCUT2D eigenvalue weighted by atomic mass is 10.0. The molecule has 1 fully saturated rings. The Hall–Kier alpha value is -2.18. The third-order valence-electron chi connectivity index (χ3n) is 3.43. The molecule has 0 spiro atoms. The molecule has 2 aromatic rings. The van der Waals surface area contributed by atoms with Gasteiger partial charge in [0.05, 0.1) is 6.20 Å². The van der Waals surface area contributed by atoms with Gasteiger partial charge in [0.25, 0.3) is 0 Å². The summed E-state index contributed by atoms with van der Waals surface area (Å²) in [4.78, 5) is 4.24. The Morgan fingerprint density at radius 2 is 2.11 bits per heavy atom. The van der Waals surface area contributed by atoms with E-state index in [1.807, 2.05) is 0 Å². The fourth-order valence-electron chi connectivity index (χ4n) is 2.45. The quantitative estimate of drug-likeness (QED) is 0.778. The molecule has 3 N–H and O–H groups in total. The van der Waals surface area contributed by atoms with E-state index in [0.29, 0.717) is 17.7 Å². The lowest BCUT2D eigenvalue weighted by Crippen LogP contribution is -2.01. The summed E-state index contributed by atoms with van der Waals surface area (Å²) in [5.74, 6) is 2.50. The second kappa shape index (κ2) is 5.21. The Kier molecular flexibility index (Phi) is 3.26. The molecule has 2 aromatic heterocycles. The molecule has 0 unspecified atom stereocenters. The van der Waals surface area contributed by atoms with Crippen LogP contribution in [0.3, 0.4) is 0 Å². The summed E-state index contributed by atoms with van der Waals surface area (Å²) in [6, 6.07) is 2.05. The average molecular weight is 259 g/mol. The number of aromatic nitrogens is 5. The smallest absolute Gasteiger partial charge is 0.244 e. The van der Waals surface area contributed by atoms with Crippen LogP contribution in [0.1, 0.15) is 37.3 Å². The van der Waals surface area contributed by atoms with Crippen molar-refractivity contribution in [3.05, 3.63) is 18.0 Å². The van der Waals surface area contributed by atoms with E-state index in [1.54, 1.807) is 13.2 Å². The van der Waals surface area contributed by atoms with Gasteiger partial charge in [-0.05, 0) is 12.8 Å². The number of aromatic amines is 1. The molecule has 0 aliphatic heterocycles. The van der Waals surface area contributed by atoms with Crippen molar-refractivity contribution in [3.63, 3.8) is 0 Å². The standard InChI is InChI=1S/C12H17N7/c1-13-12-16-11(7-14-19-12)15-10-6-9(17-18-10)8-4-2-3-5-8/h6-8H,2-5H2,1H3,(H3,13,15,16,17,18,19). The molecule has 0 bridgehead atoms. The van der Waals surface area contributed by atoms with Gasteiger partial charge < -0.3 is 10.6 Å². The maximum Gasteiger partial charge on any atom is 0.244 e. The van der Waals surface area contributed by atoms with Crippen LogP contribution in [-0.4, -0.2) is 32.4 Å². The molecule has 1 saturated carbocycles. The summed E-state index contributed by atoms with van der Waals surface area (Å²) in [7, 11) is 1.76. The highest BCUT2D eigenvalue weighted by molar-refractivity contribution is 5.52. The van der Waals surface area contributed by atoms with Crippen LogP contribution >= 0.6 is 0 Å². The van der Waals surface area contributed by atoms with Crippen molar-refractivity contribution in [1.82, 2.24) is 25.4 Å². The molecular formula is C12H17N7. The summed E-state index contributed by atoms with van der Waals surface area (Å²) in [5.41, 5.74) is 1.20. The zero-order valence-electron chi connectivity index (χ0n) is 10.8. The van der Waals surface area contributed by atoms with E-state index in [9.17, 15) is 0 Å². The van der Waals surface area contributed by atoms with Gasteiger partial charge in [0.15, 0.2) is 11.6 Å². The van der Waals surface area contributed by atoms with Gasteiger partial charge in [-0.3, -0.25) is 5.10 Å². The summed E-state index contributed by atoms with van der Waals surface area (Å²) in [6.07, 6.45) is 6.70. The maximum absolute atomic E-state index is 4.27. The summed E-state index contributed by atoms with van der Waals surface area (Å²) >= 11 is 0. The number of hydrogen-bond acceptors (Lipinski definition) is 6. The number of anilines is 3. The van der Waals surface area contributed by atoms with Crippen LogP contribution in [0.5, 0.6) is 0 Å². The highest BCUT2D eigenvalue weighted by atomic mass is 15.3. The van der Waals surface area contributed by atoms with Crippen LogP contribution in [0.2, 0.25) is 0 Å². The minimum atomic E-state index is 0.483. The molecule has 7 nitrogen and oxygen atoms in total. The lowest BCUT2D eigenvalue weighted by Gasteiger charge is -2.04. The Bertz CT molecular complexity index is 545. The van der Waals surface area contributed by atoms with Crippen LogP contribution in [0.15, 0.2) is 12.3 Å². The van der Waals surface area contributed by atoms with E-state index >= 15 is 0 Å². The molecule has 100 valence electrons. The Labute approximate surface area is 111 Å². The van der Waals surface area contributed by atoms with E-state index in [-0.39, 0.29) is 0 Å². The van der Waals surface area contributed by atoms with Crippen LogP contribution < -0.4 is 10.6 Å². The van der Waals surface area contributed by atoms with E-state index in [0.717, 1.165) is 5.82 Å². The van der Waals surface area contributed by atoms with E-state index in [4.69, 9.17) is 0 Å². The van der Waals surface area contributed by atoms with Crippen LogP contribution in [0.25, 0.3) is 0 Å². The molecule has 0 amide bonds. The summed E-state index contributed by atoms with van der Waals surface area (Å²) < 4.78 is 0. The lowest BCUT2D eigenvalue weighted by molar-refractivity contribution is 0.693. The number of hydrogen-bond donors (Lipinski definition) is 3. The normalized spacial score (nSPS) is 15.6. The molecule has 1 aliphatic carbocycles. The first-order valence-corrected chi connectivity index (χ1v) is 6.55. The van der Waals surface area contributed by atoms with Crippen molar-refractivity contribution in [2.24, 2.45) is 0 Å². The highest BCUT2D eigenvalue weighted by Crippen LogP contribution is 2.33. The van der Waals surface area contributed by atoms with Gasteiger partial charge in [-0.25, -0.2) is 0 Å². The van der Waals surface area contributed by atoms with Gasteiger partial charge in [-0.15, -0.1) is 5.10 Å². The predicted octanol–water partition coefficient (Wildman–Crippen LogP) is 2.04. The first kappa shape index (κ1) is 11.9. The highest BCUT2D eigenvalue weighted by Gasteiger charge is 2.19. The van der Waals surface area contributed by atoms with Gasteiger partial charge in [0.1, 0.15) is 0 Å². The van der Waals surface area contributed by atoms with Crippen molar-refractivity contribution in [2.45, 2.75) is 31.6 Å². The van der Waals surface area contributed by atoms with Crippen molar-refractivity contribution in [2.75, 3.05) is 17.7 Å². The van der Waals surface area contributed by atoms with Crippen LogP contribution in [0, 0.1) is 0 Å². The van der Waals surface area contributed by atoms with Crippen LogP contribution in [0.4, 0.5) is 17.6 Å². The third-order valence-corrected chi connectivity index (χ3v) is 3.43. The SMILES string of the molecule is CNc1nncc(Nc2cc(C3CCCC3)[nH]n2)n1. The zero-order chi connectivity index (χ0) is 13.1. The monoisotopic (exact) mass is 259 g/mol.